The smallest absolute Gasteiger partial charge is 0.248 e. The normalized spacial score (nSPS) is 10.3. The summed E-state index contributed by atoms with van der Waals surface area (Å²) in [5.41, 5.74) is 5.48. The van der Waals surface area contributed by atoms with E-state index in [1.807, 2.05) is 0 Å². The Morgan fingerprint density at radius 3 is 2.55 bits per heavy atom. The van der Waals surface area contributed by atoms with Gasteiger partial charge in [-0.05, 0) is 46.3 Å². The summed E-state index contributed by atoms with van der Waals surface area (Å²) in [6.07, 6.45) is 0. The summed E-state index contributed by atoms with van der Waals surface area (Å²) < 4.78 is 32.5. The highest BCUT2D eigenvalue weighted by Gasteiger charge is 2.08. The fourth-order valence-corrected chi connectivity index (χ4v) is 1.81. The first-order valence-corrected chi connectivity index (χ1v) is 6.43. The van der Waals surface area contributed by atoms with Crippen LogP contribution in [0.25, 0.3) is 0 Å². The topological polar surface area (TPSA) is 52.3 Å². The highest BCUT2D eigenvalue weighted by atomic mass is 79.9. The molecule has 2 rings (SSSR count). The highest BCUT2D eigenvalue weighted by molar-refractivity contribution is 9.10. The van der Waals surface area contributed by atoms with Crippen LogP contribution in [0.3, 0.4) is 0 Å². The second-order valence-electron chi connectivity index (χ2n) is 4.04. The molecule has 0 fully saturated rings. The maximum absolute atomic E-state index is 13.6. The number of carbonyl (C=O) groups excluding carboxylic acids is 1. The van der Waals surface area contributed by atoms with E-state index in [2.05, 4.69) is 15.9 Å². The van der Waals surface area contributed by atoms with E-state index in [0.29, 0.717) is 4.47 Å². The van der Waals surface area contributed by atoms with Crippen molar-refractivity contribution in [1.82, 2.24) is 0 Å². The number of nitrogens with two attached hydrogens (primary N) is 1. The minimum absolute atomic E-state index is 0.131. The van der Waals surface area contributed by atoms with E-state index in [9.17, 15) is 13.6 Å². The summed E-state index contributed by atoms with van der Waals surface area (Å²) in [6, 6.07) is 7.96. The first-order valence-electron chi connectivity index (χ1n) is 5.63. The Morgan fingerprint density at radius 2 is 1.90 bits per heavy atom. The van der Waals surface area contributed by atoms with Gasteiger partial charge in [0.2, 0.25) is 5.91 Å². The first-order chi connectivity index (χ1) is 9.47. The maximum atomic E-state index is 13.6. The SMILES string of the molecule is NC(=O)c1ccc(F)c(COc2ccc(Br)c(F)c2)c1. The van der Waals surface area contributed by atoms with Crippen LogP contribution in [0.5, 0.6) is 5.75 Å². The van der Waals surface area contributed by atoms with Gasteiger partial charge in [0.25, 0.3) is 0 Å². The molecular formula is C14H10BrF2NO2. The maximum Gasteiger partial charge on any atom is 0.248 e. The lowest BCUT2D eigenvalue weighted by Gasteiger charge is -2.08. The predicted octanol–water partition coefficient (Wildman–Crippen LogP) is 3.41. The van der Waals surface area contributed by atoms with Crippen LogP contribution in [0.1, 0.15) is 15.9 Å². The average Bonchev–Trinajstić information content (AvgIpc) is 2.41. The summed E-state index contributed by atoms with van der Waals surface area (Å²) in [5.74, 6) is -1.39. The van der Waals surface area contributed by atoms with Crippen molar-refractivity contribution >= 4 is 21.8 Å². The highest BCUT2D eigenvalue weighted by Crippen LogP contribution is 2.22. The minimum atomic E-state index is -0.652. The van der Waals surface area contributed by atoms with E-state index in [0.717, 1.165) is 6.07 Å². The van der Waals surface area contributed by atoms with Crippen LogP contribution < -0.4 is 10.5 Å². The third kappa shape index (κ3) is 3.33. The zero-order chi connectivity index (χ0) is 14.7. The zero-order valence-electron chi connectivity index (χ0n) is 10.2. The van der Waals surface area contributed by atoms with Gasteiger partial charge in [0, 0.05) is 17.2 Å². The van der Waals surface area contributed by atoms with Gasteiger partial charge in [-0.3, -0.25) is 4.79 Å². The minimum Gasteiger partial charge on any atom is -0.489 e. The van der Waals surface area contributed by atoms with E-state index >= 15 is 0 Å². The largest absolute Gasteiger partial charge is 0.489 e. The summed E-state index contributed by atoms with van der Waals surface area (Å²) in [4.78, 5) is 11.0. The number of primary amides is 1. The second-order valence-corrected chi connectivity index (χ2v) is 4.89. The van der Waals surface area contributed by atoms with Crippen molar-refractivity contribution in [2.75, 3.05) is 0 Å². The third-order valence-electron chi connectivity index (χ3n) is 2.62. The first kappa shape index (κ1) is 14.5. The van der Waals surface area contributed by atoms with Gasteiger partial charge in [-0.1, -0.05) is 0 Å². The van der Waals surface area contributed by atoms with Crippen molar-refractivity contribution in [2.45, 2.75) is 6.61 Å². The number of amides is 1. The molecule has 2 aromatic carbocycles. The fraction of sp³-hybridized carbons (Fsp3) is 0.0714. The van der Waals surface area contributed by atoms with Crippen molar-refractivity contribution < 1.29 is 18.3 Å². The molecule has 20 heavy (non-hydrogen) atoms. The molecule has 0 radical (unpaired) electrons. The number of halogens is 3. The van der Waals surface area contributed by atoms with E-state index in [1.165, 1.54) is 24.3 Å². The Balaban J connectivity index is 2.15. The lowest BCUT2D eigenvalue weighted by atomic mass is 10.1. The molecule has 0 aliphatic rings. The van der Waals surface area contributed by atoms with E-state index in [-0.39, 0.29) is 23.5 Å². The fourth-order valence-electron chi connectivity index (χ4n) is 1.57. The third-order valence-corrected chi connectivity index (χ3v) is 3.26. The van der Waals surface area contributed by atoms with Crippen LogP contribution in [0.4, 0.5) is 8.78 Å². The van der Waals surface area contributed by atoms with Gasteiger partial charge >= 0.3 is 0 Å². The number of carbonyl (C=O) groups is 1. The van der Waals surface area contributed by atoms with Gasteiger partial charge in [-0.2, -0.15) is 0 Å². The molecule has 0 saturated carbocycles. The number of rotatable bonds is 4. The molecule has 0 aliphatic carbocycles. The summed E-state index contributed by atoms with van der Waals surface area (Å²) in [6.45, 7) is -0.131. The van der Waals surface area contributed by atoms with Crippen molar-refractivity contribution in [2.24, 2.45) is 5.73 Å². The van der Waals surface area contributed by atoms with Gasteiger partial charge in [0.05, 0.1) is 4.47 Å². The number of ether oxygens (including phenoxy) is 1. The Kier molecular flexibility index (Phi) is 4.34. The molecule has 104 valence electrons. The standard InChI is InChI=1S/C14H10BrF2NO2/c15-11-3-2-10(6-13(11)17)20-7-9-5-8(14(18)19)1-4-12(9)16/h1-6H,7H2,(H2,18,19). The zero-order valence-corrected chi connectivity index (χ0v) is 11.8. The molecule has 2 aromatic rings. The van der Waals surface area contributed by atoms with E-state index < -0.39 is 17.5 Å². The molecule has 2 N–H and O–H groups in total. The summed E-state index contributed by atoms with van der Waals surface area (Å²) in [5, 5.41) is 0. The molecule has 0 spiro atoms. The molecule has 0 atom stereocenters. The molecule has 0 heterocycles. The predicted molar refractivity (Wildman–Crippen MR) is 73.3 cm³/mol. The van der Waals surface area contributed by atoms with Gasteiger partial charge in [-0.15, -0.1) is 0 Å². The summed E-state index contributed by atoms with van der Waals surface area (Å²) in [7, 11) is 0. The molecular weight excluding hydrogens is 332 g/mol. The molecule has 6 heteroatoms. The van der Waals surface area contributed by atoms with Crippen LogP contribution in [-0.2, 0) is 6.61 Å². The lowest BCUT2D eigenvalue weighted by molar-refractivity contribution is 0.1000. The van der Waals surface area contributed by atoms with Crippen LogP contribution in [0.2, 0.25) is 0 Å². The molecule has 0 saturated heterocycles. The van der Waals surface area contributed by atoms with Crippen LogP contribution >= 0.6 is 15.9 Å². The second kappa shape index (κ2) is 6.00. The van der Waals surface area contributed by atoms with Crippen molar-refractivity contribution in [3.63, 3.8) is 0 Å². The molecule has 0 aromatic heterocycles. The van der Waals surface area contributed by atoms with E-state index in [1.54, 1.807) is 6.07 Å². The Morgan fingerprint density at radius 1 is 1.15 bits per heavy atom. The Bertz CT molecular complexity index is 662. The molecule has 0 bridgehead atoms. The molecule has 3 nitrogen and oxygen atoms in total. The quantitative estimate of drug-likeness (QED) is 0.926. The number of benzene rings is 2. The van der Waals surface area contributed by atoms with Gasteiger partial charge in [0.15, 0.2) is 0 Å². The number of hydrogen-bond donors (Lipinski definition) is 1. The van der Waals surface area contributed by atoms with Crippen LogP contribution in [-0.4, -0.2) is 5.91 Å². The molecule has 0 unspecified atom stereocenters. The van der Waals surface area contributed by atoms with Crippen molar-refractivity contribution in [3.8, 4) is 5.75 Å². The monoisotopic (exact) mass is 341 g/mol. The van der Waals surface area contributed by atoms with Crippen LogP contribution in [0, 0.1) is 11.6 Å². The van der Waals surface area contributed by atoms with Gasteiger partial charge < -0.3 is 10.5 Å². The Hall–Kier alpha value is -1.95. The Labute approximate surface area is 122 Å². The van der Waals surface area contributed by atoms with Gasteiger partial charge in [0.1, 0.15) is 24.0 Å². The van der Waals surface area contributed by atoms with Crippen LogP contribution in [0.15, 0.2) is 40.9 Å². The lowest BCUT2D eigenvalue weighted by Crippen LogP contribution is -2.12. The average molecular weight is 342 g/mol. The van der Waals surface area contributed by atoms with Crippen molar-refractivity contribution in [1.29, 1.82) is 0 Å². The summed E-state index contributed by atoms with van der Waals surface area (Å²) >= 11 is 3.02. The van der Waals surface area contributed by atoms with Crippen molar-refractivity contribution in [3.05, 3.63) is 63.6 Å². The molecule has 1 amide bonds. The number of hydrogen-bond acceptors (Lipinski definition) is 2. The van der Waals surface area contributed by atoms with Gasteiger partial charge in [-0.25, -0.2) is 8.78 Å². The molecule has 0 aliphatic heterocycles. The van der Waals surface area contributed by atoms with E-state index in [4.69, 9.17) is 10.5 Å².